The van der Waals surface area contributed by atoms with Gasteiger partial charge in [0.15, 0.2) is 0 Å². The van der Waals surface area contributed by atoms with Gasteiger partial charge in [0, 0.05) is 36.9 Å². The lowest BCUT2D eigenvalue weighted by Crippen LogP contribution is -2.41. The van der Waals surface area contributed by atoms with Gasteiger partial charge < -0.3 is 10.2 Å². The summed E-state index contributed by atoms with van der Waals surface area (Å²) in [6.07, 6.45) is 9.23. The number of nitrogens with zero attached hydrogens (tertiary/aromatic N) is 4. The van der Waals surface area contributed by atoms with Gasteiger partial charge in [0.1, 0.15) is 10.7 Å². The molecule has 0 spiro atoms. The van der Waals surface area contributed by atoms with Gasteiger partial charge in [-0.1, -0.05) is 6.42 Å². The molecule has 0 amide bonds. The highest BCUT2D eigenvalue weighted by atomic mass is 32.1. The van der Waals surface area contributed by atoms with Crippen molar-refractivity contribution in [2.75, 3.05) is 19.6 Å². The Kier molecular flexibility index (Phi) is 5.48. The molecule has 5 nitrogen and oxygen atoms in total. The Hall–Kier alpha value is -1.37. The second-order valence-corrected chi connectivity index (χ2v) is 6.74. The molecule has 0 aliphatic carbocycles. The Bertz CT molecular complexity index is 565. The van der Waals surface area contributed by atoms with Crippen LogP contribution in [0.25, 0.3) is 10.7 Å². The number of nitrogens with one attached hydrogen (secondary N) is 1. The molecule has 6 heteroatoms. The standard InChI is InChI=1S/C16H23N5S/c1-13(11-21-7-3-2-4-8-21)19-9-14-12-22-16(20-14)15-10-17-5-6-18-15/h5-6,10,12-13,19H,2-4,7-9,11H2,1H3. The SMILES string of the molecule is CC(CN1CCCCC1)NCc1csc(-c2cnccn2)n1. The molecule has 2 aromatic heterocycles. The van der Waals surface area contributed by atoms with Crippen LogP contribution in [-0.4, -0.2) is 45.5 Å². The molecular weight excluding hydrogens is 294 g/mol. The van der Waals surface area contributed by atoms with E-state index in [9.17, 15) is 0 Å². The van der Waals surface area contributed by atoms with Crippen molar-refractivity contribution in [1.29, 1.82) is 0 Å². The topological polar surface area (TPSA) is 53.9 Å². The third kappa shape index (κ3) is 4.32. The number of hydrogen-bond acceptors (Lipinski definition) is 6. The minimum Gasteiger partial charge on any atom is -0.307 e. The van der Waals surface area contributed by atoms with Crippen LogP contribution in [0, 0.1) is 0 Å². The lowest BCUT2D eigenvalue weighted by molar-refractivity contribution is 0.208. The van der Waals surface area contributed by atoms with Gasteiger partial charge in [-0.05, 0) is 32.9 Å². The maximum atomic E-state index is 4.64. The van der Waals surface area contributed by atoms with Crippen molar-refractivity contribution in [3.8, 4) is 10.7 Å². The first kappa shape index (κ1) is 15.5. The zero-order valence-corrected chi connectivity index (χ0v) is 13.9. The minimum atomic E-state index is 0.486. The zero-order valence-electron chi connectivity index (χ0n) is 13.0. The van der Waals surface area contributed by atoms with E-state index in [0.717, 1.165) is 29.5 Å². The summed E-state index contributed by atoms with van der Waals surface area (Å²) in [5, 5.41) is 6.62. The first-order chi connectivity index (χ1) is 10.8. The highest BCUT2D eigenvalue weighted by molar-refractivity contribution is 7.13. The molecule has 1 aliphatic rings. The molecule has 1 saturated heterocycles. The van der Waals surface area contributed by atoms with E-state index in [1.165, 1.54) is 32.4 Å². The summed E-state index contributed by atoms with van der Waals surface area (Å²) < 4.78 is 0. The quantitative estimate of drug-likeness (QED) is 0.887. The molecule has 1 atom stereocenters. The molecular formula is C16H23N5S. The molecule has 0 bridgehead atoms. The predicted octanol–water partition coefficient (Wildman–Crippen LogP) is 2.56. The van der Waals surface area contributed by atoms with Gasteiger partial charge in [0.25, 0.3) is 0 Å². The fraction of sp³-hybridized carbons (Fsp3) is 0.562. The van der Waals surface area contributed by atoms with Crippen LogP contribution in [-0.2, 0) is 6.54 Å². The second-order valence-electron chi connectivity index (χ2n) is 5.88. The molecule has 3 rings (SSSR count). The van der Waals surface area contributed by atoms with E-state index in [2.05, 4.69) is 37.5 Å². The average molecular weight is 317 g/mol. The smallest absolute Gasteiger partial charge is 0.143 e. The highest BCUT2D eigenvalue weighted by Gasteiger charge is 2.13. The first-order valence-electron chi connectivity index (χ1n) is 7.98. The van der Waals surface area contributed by atoms with E-state index < -0.39 is 0 Å². The monoisotopic (exact) mass is 317 g/mol. The number of aromatic nitrogens is 3. The zero-order chi connectivity index (χ0) is 15.2. The number of hydrogen-bond donors (Lipinski definition) is 1. The molecule has 22 heavy (non-hydrogen) atoms. The van der Waals surface area contributed by atoms with Gasteiger partial charge in [-0.15, -0.1) is 11.3 Å². The fourth-order valence-corrected chi connectivity index (χ4v) is 3.57. The summed E-state index contributed by atoms with van der Waals surface area (Å²) >= 11 is 1.63. The second kappa shape index (κ2) is 7.76. The van der Waals surface area contributed by atoms with Gasteiger partial charge in [0.05, 0.1) is 11.9 Å². The predicted molar refractivity (Wildman–Crippen MR) is 89.7 cm³/mol. The molecule has 118 valence electrons. The Morgan fingerprint density at radius 3 is 2.91 bits per heavy atom. The highest BCUT2D eigenvalue weighted by Crippen LogP contribution is 2.20. The molecule has 0 saturated carbocycles. The van der Waals surface area contributed by atoms with Crippen LogP contribution < -0.4 is 5.32 Å². The molecule has 0 aromatic carbocycles. The van der Waals surface area contributed by atoms with Crippen molar-refractivity contribution in [1.82, 2.24) is 25.2 Å². The van der Waals surface area contributed by atoms with Crippen molar-refractivity contribution in [3.05, 3.63) is 29.7 Å². The fourth-order valence-electron chi connectivity index (χ4n) is 2.79. The van der Waals surface area contributed by atoms with Crippen molar-refractivity contribution < 1.29 is 0 Å². The van der Waals surface area contributed by atoms with Gasteiger partial charge in [0.2, 0.25) is 0 Å². The van der Waals surface area contributed by atoms with Crippen molar-refractivity contribution in [2.24, 2.45) is 0 Å². The normalized spacial score (nSPS) is 17.5. The summed E-state index contributed by atoms with van der Waals surface area (Å²) in [6.45, 7) is 6.69. The van der Waals surface area contributed by atoms with E-state index in [1.54, 1.807) is 29.9 Å². The molecule has 3 heterocycles. The van der Waals surface area contributed by atoms with Crippen LogP contribution in [0.4, 0.5) is 0 Å². The Labute approximate surface area is 135 Å². The van der Waals surface area contributed by atoms with Crippen LogP contribution in [0.15, 0.2) is 24.0 Å². The van der Waals surface area contributed by atoms with Gasteiger partial charge in [-0.2, -0.15) is 0 Å². The number of likely N-dealkylation sites (tertiary alicyclic amines) is 1. The van der Waals surface area contributed by atoms with Crippen molar-refractivity contribution in [3.63, 3.8) is 0 Å². The first-order valence-corrected chi connectivity index (χ1v) is 8.86. The van der Waals surface area contributed by atoms with Gasteiger partial charge in [-0.3, -0.25) is 9.97 Å². The van der Waals surface area contributed by atoms with E-state index >= 15 is 0 Å². The van der Waals surface area contributed by atoms with Crippen molar-refractivity contribution >= 4 is 11.3 Å². The lowest BCUT2D eigenvalue weighted by atomic mass is 10.1. The molecule has 1 unspecified atom stereocenters. The average Bonchev–Trinajstić information content (AvgIpc) is 3.04. The largest absolute Gasteiger partial charge is 0.307 e. The van der Waals surface area contributed by atoms with Crippen LogP contribution in [0.2, 0.25) is 0 Å². The summed E-state index contributed by atoms with van der Waals surface area (Å²) in [4.78, 5) is 15.6. The van der Waals surface area contributed by atoms with Crippen LogP contribution in [0.1, 0.15) is 31.9 Å². The minimum absolute atomic E-state index is 0.486. The summed E-state index contributed by atoms with van der Waals surface area (Å²) in [6, 6.07) is 0.486. The Morgan fingerprint density at radius 2 is 2.14 bits per heavy atom. The van der Waals surface area contributed by atoms with E-state index in [-0.39, 0.29) is 0 Å². The Balaban J connectivity index is 1.48. The van der Waals surface area contributed by atoms with E-state index in [1.807, 2.05) is 0 Å². The maximum absolute atomic E-state index is 4.64. The molecule has 0 radical (unpaired) electrons. The molecule has 2 aromatic rings. The number of piperidine rings is 1. The third-order valence-electron chi connectivity index (χ3n) is 3.95. The van der Waals surface area contributed by atoms with Crippen LogP contribution in [0.3, 0.4) is 0 Å². The van der Waals surface area contributed by atoms with Crippen LogP contribution >= 0.6 is 11.3 Å². The summed E-state index contributed by atoms with van der Waals surface area (Å²) in [7, 11) is 0. The number of thiazole rings is 1. The third-order valence-corrected chi connectivity index (χ3v) is 4.86. The maximum Gasteiger partial charge on any atom is 0.143 e. The van der Waals surface area contributed by atoms with E-state index in [0.29, 0.717) is 6.04 Å². The summed E-state index contributed by atoms with van der Waals surface area (Å²) in [5.41, 5.74) is 1.93. The molecule has 1 aliphatic heterocycles. The van der Waals surface area contributed by atoms with Crippen LogP contribution in [0.5, 0.6) is 0 Å². The molecule has 1 N–H and O–H groups in total. The van der Waals surface area contributed by atoms with Crippen molar-refractivity contribution in [2.45, 2.75) is 38.8 Å². The Morgan fingerprint density at radius 1 is 1.27 bits per heavy atom. The lowest BCUT2D eigenvalue weighted by Gasteiger charge is -2.29. The molecule has 1 fully saturated rings. The van der Waals surface area contributed by atoms with E-state index in [4.69, 9.17) is 0 Å². The van der Waals surface area contributed by atoms with Gasteiger partial charge >= 0.3 is 0 Å². The summed E-state index contributed by atoms with van der Waals surface area (Å²) in [5.74, 6) is 0. The number of rotatable bonds is 6. The van der Waals surface area contributed by atoms with Gasteiger partial charge in [-0.25, -0.2) is 4.98 Å².